The standard InChI is InChI=1S/C31H29N5O22S7.5Na/c37-30-23-8-10-25(32-17-64(45,46)47)28(35-33-19-2-4-20(5-3-19)62(41,42)13-11-51-60-57-54-39)24(23)16-27(59-56-53-38)29(30)36-34-26-9-1-18-15-21(6-7-22(18)31(26)65(48,49)50)63(43,44)14-12-52-61-58-55-40;;;;;/h1-10,15-16,32,37-40H,11-14,17H2,(H,45,46,47)(H,48,49,50);;;;;/q;5*+1/p-5. The maximum Gasteiger partial charge on any atom is 1.00 e. The number of rotatable bonds is 25. The van der Waals surface area contributed by atoms with Gasteiger partial charge in [-0.2, -0.15) is 9.45 Å². The van der Waals surface area contributed by atoms with Crippen LogP contribution in [0, 0.1) is 0 Å². The Bertz CT molecular complexity index is 3040. The number of phenolic OH excluding ortho intramolecular Hbond substituents is 1. The van der Waals surface area contributed by atoms with E-state index in [0.717, 1.165) is 30.3 Å². The fourth-order valence-electron chi connectivity index (χ4n) is 5.42. The number of anilines is 1. The fraction of sp³-hybridized carbons (Fsp3) is 0.161. The van der Waals surface area contributed by atoms with Crippen LogP contribution in [0.1, 0.15) is 0 Å². The summed E-state index contributed by atoms with van der Waals surface area (Å²) < 4.78 is 145. The first-order valence-corrected chi connectivity index (χ1v) is 25.2. The molecule has 0 bridgehead atoms. The molecule has 0 aliphatic heterocycles. The van der Waals surface area contributed by atoms with E-state index >= 15 is 0 Å². The summed E-state index contributed by atoms with van der Waals surface area (Å²) >= 11 is 0.349. The van der Waals surface area contributed by atoms with Crippen molar-refractivity contribution < 1.29 is 248 Å². The molecule has 5 rings (SSSR count). The van der Waals surface area contributed by atoms with Crippen LogP contribution in [0.2, 0.25) is 0 Å². The molecule has 0 atom stereocenters. The van der Waals surface area contributed by atoms with E-state index in [9.17, 15) is 63.7 Å². The van der Waals surface area contributed by atoms with Gasteiger partial charge < -0.3 is 35.3 Å². The Kier molecular flexibility index (Phi) is 33.5. The molecule has 0 fully saturated rings. The maximum absolute atomic E-state index is 12.9. The molecule has 27 nitrogen and oxygen atoms in total. The topological polar surface area (TPSA) is 407 Å². The third kappa shape index (κ3) is 20.6. The molecule has 2 N–H and O–H groups in total. The predicted molar refractivity (Wildman–Crippen MR) is 214 cm³/mol. The minimum absolute atomic E-state index is 0. The van der Waals surface area contributed by atoms with Gasteiger partial charge in [0.1, 0.15) is 43.2 Å². The number of nitrogens with zero attached hydrogens (tertiary/aromatic N) is 4. The van der Waals surface area contributed by atoms with Gasteiger partial charge in [0.15, 0.2) is 50.1 Å². The summed E-state index contributed by atoms with van der Waals surface area (Å²) in [6, 6.07) is 13.7. The largest absolute Gasteiger partial charge is 1.00 e. The number of sulfone groups is 2. The molecular formula is C31H24N5Na5O22S7. The molecule has 0 saturated heterocycles. The molecule has 0 aliphatic carbocycles. The van der Waals surface area contributed by atoms with Crippen molar-refractivity contribution in [3.05, 3.63) is 72.8 Å². The number of fused-ring (bicyclic) bond motifs is 2. The van der Waals surface area contributed by atoms with Gasteiger partial charge in [0, 0.05) is 16.2 Å². The third-order valence-corrected chi connectivity index (χ3v) is 14.3. The average Bonchev–Trinajstić information content (AvgIpc) is 3.25. The molecule has 0 aliphatic rings. The van der Waals surface area contributed by atoms with Gasteiger partial charge in [-0.25, -0.2) is 33.7 Å². The van der Waals surface area contributed by atoms with E-state index in [1.807, 2.05) is 0 Å². The summed E-state index contributed by atoms with van der Waals surface area (Å²) in [6.07, 6.45) is 0. The van der Waals surface area contributed by atoms with Crippen LogP contribution in [0.15, 0.2) is 113 Å². The Balaban J connectivity index is 0.00000952. The molecule has 39 heteroatoms. The normalized spacial score (nSPS) is 12.0. The zero-order chi connectivity index (χ0) is 47.4. The van der Waals surface area contributed by atoms with Crippen molar-refractivity contribution in [2.24, 2.45) is 20.5 Å². The van der Waals surface area contributed by atoms with Gasteiger partial charge in [0.2, 0.25) is 0 Å². The number of nitrogens with one attached hydrogen (secondary N) is 1. The summed E-state index contributed by atoms with van der Waals surface area (Å²) in [4.78, 5) is -1.73. The molecule has 5 aromatic rings. The third-order valence-electron chi connectivity index (χ3n) is 8.12. The van der Waals surface area contributed by atoms with Gasteiger partial charge in [-0.15, -0.1) is 24.0 Å². The molecule has 0 amide bonds. The maximum atomic E-state index is 12.9. The molecule has 70 heavy (non-hydrogen) atoms. The van der Waals surface area contributed by atoms with Crippen molar-refractivity contribution >= 4 is 127 Å². The van der Waals surface area contributed by atoms with Crippen LogP contribution in [0.5, 0.6) is 5.75 Å². The number of aromatic hydroxyl groups is 1. The minimum atomic E-state index is -5.41. The van der Waals surface area contributed by atoms with E-state index in [2.05, 4.69) is 53.9 Å². The van der Waals surface area contributed by atoms with Crippen molar-refractivity contribution in [2.45, 2.75) is 19.6 Å². The smallest absolute Gasteiger partial charge is 0.747 e. The van der Waals surface area contributed by atoms with Crippen LogP contribution < -0.4 is 169 Å². The van der Waals surface area contributed by atoms with Gasteiger partial charge in [0.05, 0.1) is 67.7 Å². The summed E-state index contributed by atoms with van der Waals surface area (Å²) in [5, 5.41) is 69.6. The van der Waals surface area contributed by atoms with Gasteiger partial charge in [-0.05, 0) is 66.0 Å². The van der Waals surface area contributed by atoms with E-state index in [1.54, 1.807) is 0 Å². The van der Waals surface area contributed by atoms with Gasteiger partial charge in [-0.3, -0.25) is 23.5 Å². The summed E-state index contributed by atoms with van der Waals surface area (Å²) in [5.41, 5.74) is -1.49. The Morgan fingerprint density at radius 2 is 1.13 bits per heavy atom. The zero-order valence-electron chi connectivity index (χ0n) is 36.6. The zero-order valence-corrected chi connectivity index (χ0v) is 52.3. The van der Waals surface area contributed by atoms with Crippen LogP contribution >= 0.6 is 36.7 Å². The SMILES string of the molecule is O=S(=O)([O-])CNc1ccc2c(O)c(N=Nc3ccc4cc(S(=O)(=O)CCOSOO[O-])ccc4c3S(=O)(=O)[O-])c(SOO[O-])cc2c1N=Nc1ccc(S(=O)(=O)CCOSOO[O-])cc1.[Na+].[Na+].[Na+].[Na+].[Na+]. The van der Waals surface area contributed by atoms with Crippen LogP contribution in [0.25, 0.3) is 21.5 Å². The number of hydrogen-bond acceptors (Lipinski definition) is 30. The van der Waals surface area contributed by atoms with Gasteiger partial charge in [-0.1, -0.05) is 12.1 Å². The van der Waals surface area contributed by atoms with Crippen molar-refractivity contribution in [2.75, 3.05) is 35.9 Å². The molecule has 0 spiro atoms. The Labute approximate surface area is 521 Å². The van der Waals surface area contributed by atoms with Crippen molar-refractivity contribution in [3.8, 4) is 5.75 Å². The molecule has 0 radical (unpaired) electrons. The second kappa shape index (κ2) is 33.1. The molecule has 0 aromatic heterocycles. The fourth-order valence-corrected chi connectivity index (χ4v) is 9.90. The van der Waals surface area contributed by atoms with E-state index in [1.165, 1.54) is 42.5 Å². The first-order valence-electron chi connectivity index (χ1n) is 16.8. The minimum Gasteiger partial charge on any atom is -0.747 e. The number of phenols is 1. The van der Waals surface area contributed by atoms with E-state index in [0.29, 0.717) is 0 Å². The van der Waals surface area contributed by atoms with Gasteiger partial charge in [0.25, 0.3) is 0 Å². The van der Waals surface area contributed by atoms with E-state index in [4.69, 9.17) is 8.37 Å². The predicted octanol–water partition coefficient (Wildman–Crippen LogP) is -12.2. The average molecular weight is 1160 g/mol. The molecule has 0 saturated carbocycles. The van der Waals surface area contributed by atoms with Crippen molar-refractivity contribution in [1.82, 2.24) is 0 Å². The second-order valence-corrected chi connectivity index (χ2v) is 20.8. The van der Waals surface area contributed by atoms with E-state index < -0.39 is 92.5 Å². The van der Waals surface area contributed by atoms with Crippen LogP contribution in [0.4, 0.5) is 28.4 Å². The number of azo groups is 2. The second-order valence-electron chi connectivity index (χ2n) is 12.1. The Hall–Kier alpha value is 0.750. The Morgan fingerprint density at radius 1 is 0.586 bits per heavy atom. The summed E-state index contributed by atoms with van der Waals surface area (Å²) in [5.74, 6) is -3.06. The molecule has 5 aromatic carbocycles. The number of benzene rings is 5. The van der Waals surface area contributed by atoms with Crippen molar-refractivity contribution in [3.63, 3.8) is 0 Å². The molecular weight excluding hydrogens is 1130 g/mol. The molecule has 0 heterocycles. The summed E-state index contributed by atoms with van der Waals surface area (Å²) in [6.45, 7) is -0.848. The van der Waals surface area contributed by atoms with Gasteiger partial charge >= 0.3 is 148 Å². The molecule has 0 unspecified atom stereocenters. The van der Waals surface area contributed by atoms with Crippen LogP contribution in [-0.2, 0) is 76.4 Å². The van der Waals surface area contributed by atoms with Crippen LogP contribution in [0.3, 0.4) is 0 Å². The molecule has 352 valence electrons. The number of hydrogen-bond donors (Lipinski definition) is 2. The monoisotopic (exact) mass is 1160 g/mol. The first-order chi connectivity index (χ1) is 30.8. The van der Waals surface area contributed by atoms with Crippen LogP contribution in [-0.4, -0.2) is 78.5 Å². The summed E-state index contributed by atoms with van der Waals surface area (Å²) in [7, 11) is -18.3. The van der Waals surface area contributed by atoms with Crippen molar-refractivity contribution in [1.29, 1.82) is 0 Å². The quantitative estimate of drug-likeness (QED) is 0.0104. The first kappa shape index (κ1) is 70.8. The Morgan fingerprint density at radius 3 is 1.69 bits per heavy atom. The van der Waals surface area contributed by atoms with E-state index in [-0.39, 0.29) is 238 Å².